The van der Waals surface area contributed by atoms with Crippen LogP contribution in [0.15, 0.2) is 51.8 Å². The minimum absolute atomic E-state index is 0.179. The summed E-state index contributed by atoms with van der Waals surface area (Å²) in [5.41, 5.74) is 1.90. The second-order valence-corrected chi connectivity index (χ2v) is 8.58. The first-order chi connectivity index (χ1) is 12.9. The predicted octanol–water partition coefficient (Wildman–Crippen LogP) is 3.35. The molecule has 1 heterocycles. The van der Waals surface area contributed by atoms with E-state index in [2.05, 4.69) is 4.40 Å². The van der Waals surface area contributed by atoms with E-state index in [-0.39, 0.29) is 4.90 Å². The molecule has 0 fully saturated rings. The van der Waals surface area contributed by atoms with Crippen LogP contribution in [0.1, 0.15) is 12.5 Å². The predicted molar refractivity (Wildman–Crippen MR) is 107 cm³/mol. The maximum absolute atomic E-state index is 12.8. The number of aryl methyl sites for hydroxylation is 1. The molecule has 3 rings (SSSR count). The summed E-state index contributed by atoms with van der Waals surface area (Å²) in [4.78, 5) is 0.593. The van der Waals surface area contributed by atoms with Gasteiger partial charge in [0.2, 0.25) is 4.80 Å². The Kier molecular flexibility index (Phi) is 5.98. The van der Waals surface area contributed by atoms with Gasteiger partial charge in [0.05, 0.1) is 28.3 Å². The number of sulfonamides is 1. The van der Waals surface area contributed by atoms with Crippen LogP contribution >= 0.6 is 11.3 Å². The van der Waals surface area contributed by atoms with Crippen molar-refractivity contribution in [3.8, 4) is 5.75 Å². The molecule has 3 aromatic rings. The number of aromatic nitrogens is 1. The van der Waals surface area contributed by atoms with E-state index in [9.17, 15) is 8.42 Å². The first-order valence-corrected chi connectivity index (χ1v) is 10.8. The molecular weight excluding hydrogens is 384 g/mol. The van der Waals surface area contributed by atoms with Gasteiger partial charge in [-0.2, -0.15) is 8.42 Å². The average Bonchev–Trinajstić information content (AvgIpc) is 2.96. The van der Waals surface area contributed by atoms with Gasteiger partial charge in [0.15, 0.2) is 0 Å². The molecule has 1 aromatic heterocycles. The van der Waals surface area contributed by atoms with Crippen LogP contribution in [0.2, 0.25) is 0 Å². The number of methoxy groups -OCH3 is 1. The molecule has 0 spiro atoms. The summed E-state index contributed by atoms with van der Waals surface area (Å²) >= 11 is 1.32. The normalized spacial score (nSPS) is 12.6. The molecule has 0 saturated heterocycles. The van der Waals surface area contributed by atoms with Crippen LogP contribution in [0.25, 0.3) is 10.2 Å². The van der Waals surface area contributed by atoms with Gasteiger partial charge < -0.3 is 14.0 Å². The Bertz CT molecular complexity index is 1100. The molecule has 0 bridgehead atoms. The second-order valence-electron chi connectivity index (χ2n) is 5.97. The van der Waals surface area contributed by atoms with Crippen LogP contribution in [-0.2, 0) is 21.3 Å². The van der Waals surface area contributed by atoms with E-state index >= 15 is 0 Å². The number of nitrogens with zero attached hydrogens (tertiary/aromatic N) is 2. The lowest BCUT2D eigenvalue weighted by Gasteiger charge is -2.06. The van der Waals surface area contributed by atoms with E-state index in [0.29, 0.717) is 24.6 Å². The van der Waals surface area contributed by atoms with E-state index < -0.39 is 10.0 Å². The van der Waals surface area contributed by atoms with Gasteiger partial charge in [-0.05, 0) is 44.2 Å². The van der Waals surface area contributed by atoms with E-state index in [1.807, 2.05) is 36.6 Å². The summed E-state index contributed by atoms with van der Waals surface area (Å²) in [6.07, 6.45) is 0. The highest BCUT2D eigenvalue weighted by molar-refractivity contribution is 7.90. The van der Waals surface area contributed by atoms with Crippen molar-refractivity contribution in [2.75, 3.05) is 20.3 Å². The number of rotatable bonds is 7. The summed E-state index contributed by atoms with van der Waals surface area (Å²) in [6.45, 7) is 5.36. The summed E-state index contributed by atoms with van der Waals surface area (Å²) in [5, 5.41) is 0. The molecule has 0 N–H and O–H groups in total. The zero-order valence-corrected chi connectivity index (χ0v) is 17.1. The smallest absolute Gasteiger partial charge is 0.285 e. The van der Waals surface area contributed by atoms with E-state index in [4.69, 9.17) is 9.47 Å². The third-order valence-electron chi connectivity index (χ3n) is 4.00. The molecule has 0 radical (unpaired) electrons. The largest absolute Gasteiger partial charge is 0.494 e. The van der Waals surface area contributed by atoms with Crippen molar-refractivity contribution in [2.45, 2.75) is 25.3 Å². The third-order valence-corrected chi connectivity index (χ3v) is 6.44. The van der Waals surface area contributed by atoms with Crippen LogP contribution in [0.3, 0.4) is 0 Å². The lowest BCUT2D eigenvalue weighted by molar-refractivity contribution is 0.187. The second kappa shape index (κ2) is 8.24. The van der Waals surface area contributed by atoms with E-state index in [0.717, 1.165) is 21.5 Å². The maximum atomic E-state index is 12.8. The lowest BCUT2D eigenvalue weighted by atomic mass is 10.2. The monoisotopic (exact) mass is 406 g/mol. The molecular formula is C19H22N2O4S2. The van der Waals surface area contributed by atoms with Crippen molar-refractivity contribution in [1.29, 1.82) is 0 Å². The highest BCUT2D eigenvalue weighted by Gasteiger charge is 2.15. The Morgan fingerprint density at radius 2 is 1.89 bits per heavy atom. The minimum atomic E-state index is -3.80. The van der Waals surface area contributed by atoms with Crippen molar-refractivity contribution in [2.24, 2.45) is 4.40 Å². The SMILES string of the molecule is CCOc1ccc2c(c1)s/c(=N\S(=O)(=O)c1ccc(C)cc1)n2CCOC. The molecule has 2 aromatic carbocycles. The van der Waals surface area contributed by atoms with E-state index in [1.54, 1.807) is 31.4 Å². The van der Waals surface area contributed by atoms with Crippen LogP contribution in [-0.4, -0.2) is 33.3 Å². The molecule has 0 atom stereocenters. The number of fused-ring (bicyclic) bond motifs is 1. The highest BCUT2D eigenvalue weighted by Crippen LogP contribution is 2.24. The fourth-order valence-electron chi connectivity index (χ4n) is 2.64. The van der Waals surface area contributed by atoms with E-state index in [1.165, 1.54) is 11.3 Å². The summed E-state index contributed by atoms with van der Waals surface area (Å²) < 4.78 is 43.1. The molecule has 6 nitrogen and oxygen atoms in total. The third kappa shape index (κ3) is 4.40. The number of ether oxygens (including phenoxy) is 2. The lowest BCUT2D eigenvalue weighted by Crippen LogP contribution is -2.19. The molecule has 144 valence electrons. The summed E-state index contributed by atoms with van der Waals surface area (Å²) in [6, 6.07) is 12.4. The fourth-order valence-corrected chi connectivity index (χ4v) is 4.93. The molecule has 0 aliphatic rings. The van der Waals surface area contributed by atoms with Gasteiger partial charge in [0, 0.05) is 13.7 Å². The van der Waals surface area contributed by atoms with Crippen molar-refractivity contribution in [1.82, 2.24) is 4.57 Å². The molecule has 27 heavy (non-hydrogen) atoms. The standard InChI is InChI=1S/C19H22N2O4S2/c1-4-25-15-7-10-17-18(13-15)26-19(21(17)11-12-24-3)20-27(22,23)16-8-5-14(2)6-9-16/h5-10,13H,4,11-12H2,1-3H3/b20-19-. The fraction of sp³-hybridized carbons (Fsp3) is 0.316. The first-order valence-electron chi connectivity index (χ1n) is 8.57. The number of thiazole rings is 1. The topological polar surface area (TPSA) is 69.9 Å². The zero-order chi connectivity index (χ0) is 19.4. The number of hydrogen-bond donors (Lipinski definition) is 0. The first kappa shape index (κ1) is 19.6. The Morgan fingerprint density at radius 3 is 2.56 bits per heavy atom. The van der Waals surface area contributed by atoms with Gasteiger partial charge in [0.25, 0.3) is 10.0 Å². The van der Waals surface area contributed by atoms with Crippen molar-refractivity contribution in [3.63, 3.8) is 0 Å². The van der Waals surface area contributed by atoms with Crippen LogP contribution in [0.4, 0.5) is 0 Å². The van der Waals surface area contributed by atoms with Crippen molar-refractivity contribution in [3.05, 3.63) is 52.8 Å². The number of benzene rings is 2. The van der Waals surface area contributed by atoms with Crippen LogP contribution < -0.4 is 9.54 Å². The highest BCUT2D eigenvalue weighted by atomic mass is 32.2. The summed E-state index contributed by atoms with van der Waals surface area (Å²) in [5.74, 6) is 0.748. The van der Waals surface area contributed by atoms with Crippen LogP contribution in [0.5, 0.6) is 5.75 Å². The quantitative estimate of drug-likeness (QED) is 0.603. The average molecular weight is 407 g/mol. The molecule has 0 amide bonds. The van der Waals surface area contributed by atoms with Gasteiger partial charge in [-0.15, -0.1) is 4.40 Å². The van der Waals surface area contributed by atoms with Gasteiger partial charge in [0.1, 0.15) is 5.75 Å². The maximum Gasteiger partial charge on any atom is 0.285 e. The molecule has 0 aliphatic carbocycles. The Balaban J connectivity index is 2.15. The number of hydrogen-bond acceptors (Lipinski definition) is 5. The van der Waals surface area contributed by atoms with Gasteiger partial charge >= 0.3 is 0 Å². The van der Waals surface area contributed by atoms with Gasteiger partial charge in [-0.1, -0.05) is 29.0 Å². The van der Waals surface area contributed by atoms with Crippen molar-refractivity contribution >= 4 is 31.6 Å². The minimum Gasteiger partial charge on any atom is -0.494 e. The zero-order valence-electron chi connectivity index (χ0n) is 15.5. The molecule has 0 saturated carbocycles. The van der Waals surface area contributed by atoms with Gasteiger partial charge in [-0.25, -0.2) is 0 Å². The Morgan fingerprint density at radius 1 is 1.15 bits per heavy atom. The molecule has 0 unspecified atom stereocenters. The Labute approximate surface area is 162 Å². The molecule has 0 aliphatic heterocycles. The summed E-state index contributed by atoms with van der Waals surface area (Å²) in [7, 11) is -2.19. The van der Waals surface area contributed by atoms with Gasteiger partial charge in [-0.3, -0.25) is 0 Å². The Hall–Kier alpha value is -2.16. The van der Waals surface area contributed by atoms with Crippen molar-refractivity contribution < 1.29 is 17.9 Å². The van der Waals surface area contributed by atoms with Crippen LogP contribution in [0, 0.1) is 6.92 Å². The molecule has 8 heteroatoms.